The summed E-state index contributed by atoms with van der Waals surface area (Å²) in [6, 6.07) is 3.14. The summed E-state index contributed by atoms with van der Waals surface area (Å²) in [6.45, 7) is 4.32. The van der Waals surface area contributed by atoms with E-state index in [0.717, 1.165) is 16.9 Å². The Kier molecular flexibility index (Phi) is 3.48. The molecule has 1 nitrogen and oxygen atoms in total. The second-order valence-electron chi connectivity index (χ2n) is 4.47. The van der Waals surface area contributed by atoms with E-state index in [-0.39, 0.29) is 16.9 Å². The number of nitrogens with two attached hydrogens (primary N) is 1. The SMILES string of the molecule is CC(C)C1SCc2c(ccc(F)c2Cl)C1N. The standard InChI is InChI=1S/C12H15ClFNS/c1-6(2)12-11(15)7-3-4-9(14)10(13)8(7)5-16-12/h3-4,6,11-12H,5,15H2,1-2H3. The van der Waals surface area contributed by atoms with E-state index in [0.29, 0.717) is 11.2 Å². The Morgan fingerprint density at radius 1 is 1.50 bits per heavy atom. The molecule has 1 heterocycles. The van der Waals surface area contributed by atoms with Crippen LogP contribution in [-0.2, 0) is 5.75 Å². The third-order valence-corrected chi connectivity index (χ3v) is 5.11. The van der Waals surface area contributed by atoms with Crippen molar-refractivity contribution in [3.63, 3.8) is 0 Å². The smallest absolute Gasteiger partial charge is 0.142 e. The van der Waals surface area contributed by atoms with Crippen molar-refractivity contribution in [3.05, 3.63) is 34.1 Å². The first-order valence-electron chi connectivity index (χ1n) is 5.36. The molecule has 1 aromatic carbocycles. The molecular weight excluding hydrogens is 245 g/mol. The second-order valence-corrected chi connectivity index (χ2v) is 6.02. The lowest BCUT2D eigenvalue weighted by atomic mass is 9.93. The summed E-state index contributed by atoms with van der Waals surface area (Å²) in [5.74, 6) is 0.913. The van der Waals surface area contributed by atoms with Gasteiger partial charge in [0.2, 0.25) is 0 Å². The third kappa shape index (κ3) is 1.96. The lowest BCUT2D eigenvalue weighted by molar-refractivity contribution is 0.519. The van der Waals surface area contributed by atoms with Crippen molar-refractivity contribution in [2.75, 3.05) is 0 Å². The van der Waals surface area contributed by atoms with Gasteiger partial charge >= 0.3 is 0 Å². The monoisotopic (exact) mass is 259 g/mol. The quantitative estimate of drug-likeness (QED) is 0.831. The van der Waals surface area contributed by atoms with Gasteiger partial charge in [-0.05, 0) is 23.1 Å². The number of fused-ring (bicyclic) bond motifs is 1. The molecule has 0 aromatic heterocycles. The number of halogens is 2. The molecule has 1 aliphatic rings. The van der Waals surface area contributed by atoms with Crippen molar-refractivity contribution in [1.29, 1.82) is 0 Å². The molecule has 0 saturated carbocycles. The van der Waals surface area contributed by atoms with Crippen molar-refractivity contribution in [2.45, 2.75) is 30.9 Å². The predicted octanol–water partition coefficient (Wildman–Crippen LogP) is 3.75. The summed E-state index contributed by atoms with van der Waals surface area (Å²) in [5.41, 5.74) is 8.08. The molecule has 16 heavy (non-hydrogen) atoms. The molecule has 2 unspecified atom stereocenters. The van der Waals surface area contributed by atoms with Gasteiger partial charge in [-0.3, -0.25) is 0 Å². The molecule has 1 aliphatic heterocycles. The van der Waals surface area contributed by atoms with Crippen molar-refractivity contribution < 1.29 is 4.39 Å². The van der Waals surface area contributed by atoms with E-state index in [9.17, 15) is 4.39 Å². The number of benzene rings is 1. The molecule has 2 atom stereocenters. The fourth-order valence-corrected chi connectivity index (χ4v) is 3.86. The van der Waals surface area contributed by atoms with Crippen molar-refractivity contribution in [3.8, 4) is 0 Å². The Morgan fingerprint density at radius 3 is 2.81 bits per heavy atom. The average Bonchev–Trinajstić information content (AvgIpc) is 2.23. The maximum absolute atomic E-state index is 13.3. The average molecular weight is 260 g/mol. The van der Waals surface area contributed by atoms with Gasteiger partial charge in [0.05, 0.1) is 5.02 Å². The first kappa shape index (κ1) is 12.2. The molecule has 0 radical (unpaired) electrons. The molecule has 0 aliphatic carbocycles. The van der Waals surface area contributed by atoms with E-state index >= 15 is 0 Å². The molecule has 2 rings (SSSR count). The number of thioether (sulfide) groups is 1. The molecule has 4 heteroatoms. The van der Waals surface area contributed by atoms with Crippen molar-refractivity contribution >= 4 is 23.4 Å². The summed E-state index contributed by atoms with van der Waals surface area (Å²) < 4.78 is 13.3. The zero-order valence-electron chi connectivity index (χ0n) is 9.34. The van der Waals surface area contributed by atoms with Crippen LogP contribution in [0.1, 0.15) is 31.0 Å². The van der Waals surface area contributed by atoms with Gasteiger partial charge in [-0.1, -0.05) is 31.5 Å². The minimum Gasteiger partial charge on any atom is -0.323 e. The van der Waals surface area contributed by atoms with Gasteiger partial charge in [-0.15, -0.1) is 0 Å². The Hall–Kier alpha value is -0.250. The highest BCUT2D eigenvalue weighted by atomic mass is 35.5. The molecule has 0 spiro atoms. The predicted molar refractivity (Wildman–Crippen MR) is 68.3 cm³/mol. The Balaban J connectivity index is 2.43. The lowest BCUT2D eigenvalue weighted by Crippen LogP contribution is -2.32. The molecule has 2 N–H and O–H groups in total. The van der Waals surface area contributed by atoms with Crippen LogP contribution in [0.5, 0.6) is 0 Å². The van der Waals surface area contributed by atoms with Gasteiger partial charge in [0.25, 0.3) is 0 Å². The molecular formula is C12H15ClFNS. The van der Waals surface area contributed by atoms with E-state index in [4.69, 9.17) is 17.3 Å². The van der Waals surface area contributed by atoms with Crippen LogP contribution in [-0.4, -0.2) is 5.25 Å². The van der Waals surface area contributed by atoms with Crippen LogP contribution < -0.4 is 5.73 Å². The number of hydrogen-bond donors (Lipinski definition) is 1. The van der Waals surface area contributed by atoms with E-state index in [2.05, 4.69) is 13.8 Å². The van der Waals surface area contributed by atoms with Gasteiger partial charge in [0.1, 0.15) is 5.82 Å². The summed E-state index contributed by atoms with van der Waals surface area (Å²) in [4.78, 5) is 0. The van der Waals surface area contributed by atoms with E-state index in [1.54, 1.807) is 17.8 Å². The summed E-state index contributed by atoms with van der Waals surface area (Å²) in [6.07, 6.45) is 0. The first-order valence-corrected chi connectivity index (χ1v) is 6.79. The topological polar surface area (TPSA) is 26.0 Å². The fourth-order valence-electron chi connectivity index (χ4n) is 2.13. The lowest BCUT2D eigenvalue weighted by Gasteiger charge is -2.33. The van der Waals surface area contributed by atoms with E-state index in [1.807, 2.05) is 0 Å². The maximum Gasteiger partial charge on any atom is 0.142 e. The van der Waals surface area contributed by atoms with Crippen LogP contribution in [0.15, 0.2) is 12.1 Å². The minimum absolute atomic E-state index is 0.0492. The molecule has 0 amide bonds. The highest BCUT2D eigenvalue weighted by Crippen LogP contribution is 2.42. The molecule has 88 valence electrons. The first-order chi connectivity index (χ1) is 7.52. The van der Waals surface area contributed by atoms with E-state index in [1.165, 1.54) is 6.07 Å². The fraction of sp³-hybridized carbons (Fsp3) is 0.500. The van der Waals surface area contributed by atoms with Crippen molar-refractivity contribution in [2.24, 2.45) is 11.7 Å². The number of rotatable bonds is 1. The normalized spacial score (nSPS) is 24.6. The summed E-state index contributed by atoms with van der Waals surface area (Å²) >= 11 is 7.73. The van der Waals surface area contributed by atoms with Gasteiger partial charge in [0, 0.05) is 17.0 Å². The Bertz CT molecular complexity index is 408. The molecule has 1 aromatic rings. The molecule has 0 saturated heterocycles. The Morgan fingerprint density at radius 2 is 2.19 bits per heavy atom. The summed E-state index contributed by atoms with van der Waals surface area (Å²) in [7, 11) is 0. The van der Waals surface area contributed by atoms with Gasteiger partial charge in [-0.2, -0.15) is 11.8 Å². The highest BCUT2D eigenvalue weighted by Gasteiger charge is 2.31. The Labute approximate surface area is 105 Å². The maximum atomic E-state index is 13.3. The third-order valence-electron chi connectivity index (χ3n) is 3.02. The zero-order valence-corrected chi connectivity index (χ0v) is 10.9. The van der Waals surface area contributed by atoms with Crippen molar-refractivity contribution in [1.82, 2.24) is 0 Å². The highest BCUT2D eigenvalue weighted by molar-refractivity contribution is 7.99. The zero-order chi connectivity index (χ0) is 11.9. The van der Waals surface area contributed by atoms with Crippen LogP contribution in [0.2, 0.25) is 5.02 Å². The minimum atomic E-state index is -0.351. The molecule has 0 bridgehead atoms. The van der Waals surface area contributed by atoms with Crippen LogP contribution in [0.4, 0.5) is 4.39 Å². The van der Waals surface area contributed by atoms with Crippen LogP contribution >= 0.6 is 23.4 Å². The van der Waals surface area contributed by atoms with Crippen LogP contribution in [0, 0.1) is 11.7 Å². The van der Waals surface area contributed by atoms with Gasteiger partial charge in [-0.25, -0.2) is 4.39 Å². The largest absolute Gasteiger partial charge is 0.323 e. The van der Waals surface area contributed by atoms with Crippen LogP contribution in [0.25, 0.3) is 0 Å². The van der Waals surface area contributed by atoms with E-state index < -0.39 is 0 Å². The van der Waals surface area contributed by atoms with Gasteiger partial charge in [0.15, 0.2) is 0 Å². The summed E-state index contributed by atoms with van der Waals surface area (Å²) in [5, 5.41) is 0.622. The van der Waals surface area contributed by atoms with Crippen LogP contribution in [0.3, 0.4) is 0 Å². The second kappa shape index (κ2) is 4.55. The number of hydrogen-bond acceptors (Lipinski definition) is 2. The molecule has 0 fully saturated rings. The van der Waals surface area contributed by atoms with Gasteiger partial charge < -0.3 is 5.73 Å².